The molecule has 0 aliphatic heterocycles. The van der Waals surface area contributed by atoms with Gasteiger partial charge in [0.25, 0.3) is 0 Å². The van der Waals surface area contributed by atoms with Crippen molar-refractivity contribution in [2.45, 2.75) is 0 Å². The van der Waals surface area contributed by atoms with Crippen molar-refractivity contribution < 1.29 is 4.74 Å². The normalized spacial score (nSPS) is 9.38. The van der Waals surface area contributed by atoms with Crippen LogP contribution in [0.15, 0.2) is 28.2 Å². The van der Waals surface area contributed by atoms with Crippen molar-refractivity contribution in [3.63, 3.8) is 0 Å². The van der Waals surface area contributed by atoms with E-state index >= 15 is 0 Å². The molecule has 0 bridgehead atoms. The van der Waals surface area contributed by atoms with E-state index in [9.17, 15) is 0 Å². The molecule has 13 heavy (non-hydrogen) atoms. The molecule has 3 heteroatoms. The van der Waals surface area contributed by atoms with Gasteiger partial charge in [-0.25, -0.2) is 0 Å². The third-order valence-electron chi connectivity index (χ3n) is 1.67. The molecular formula is C10H10BrNO. The zero-order valence-electron chi connectivity index (χ0n) is 7.38. The molecule has 0 amide bonds. The van der Waals surface area contributed by atoms with Gasteiger partial charge in [0.05, 0.1) is 7.11 Å². The fourth-order valence-corrected chi connectivity index (χ4v) is 1.53. The third kappa shape index (κ3) is 1.98. The topological polar surface area (TPSA) is 21.6 Å². The zero-order chi connectivity index (χ0) is 9.84. The van der Waals surface area contributed by atoms with Crippen LogP contribution in [0.4, 0.5) is 5.69 Å². The van der Waals surface area contributed by atoms with Gasteiger partial charge in [-0.15, -0.1) is 0 Å². The van der Waals surface area contributed by atoms with Crippen LogP contribution in [0.5, 0.6) is 5.75 Å². The highest BCUT2D eigenvalue weighted by Crippen LogP contribution is 2.35. The average Bonchev–Trinajstić information content (AvgIpc) is 2.16. The summed E-state index contributed by atoms with van der Waals surface area (Å²) in [7, 11) is 1.60. The quantitative estimate of drug-likeness (QED) is 0.741. The van der Waals surface area contributed by atoms with Crippen LogP contribution in [0.25, 0.3) is 6.08 Å². The monoisotopic (exact) mass is 239 g/mol. The first-order valence-electron chi connectivity index (χ1n) is 3.69. The van der Waals surface area contributed by atoms with Crippen molar-refractivity contribution in [3.05, 3.63) is 28.7 Å². The van der Waals surface area contributed by atoms with Gasteiger partial charge in [0.15, 0.2) is 0 Å². The molecule has 0 aromatic heterocycles. The fourth-order valence-electron chi connectivity index (χ4n) is 1.07. The highest BCUT2D eigenvalue weighted by atomic mass is 79.9. The standard InChI is InChI=1S/C10H10BrNO/c1-4-7-5-8(11)6-9(13-3)10(7)12-2/h4-6H,1-2H2,3H3. The largest absolute Gasteiger partial charge is 0.494 e. The second-order valence-electron chi connectivity index (χ2n) is 2.41. The van der Waals surface area contributed by atoms with Crippen LogP contribution >= 0.6 is 15.9 Å². The summed E-state index contributed by atoms with van der Waals surface area (Å²) in [6.45, 7) is 7.18. The lowest BCUT2D eigenvalue weighted by molar-refractivity contribution is 0.416. The number of rotatable bonds is 3. The molecule has 1 aromatic rings. The second kappa shape index (κ2) is 4.23. The molecule has 1 aromatic carbocycles. The average molecular weight is 240 g/mol. The van der Waals surface area contributed by atoms with Crippen LogP contribution in [0, 0.1) is 0 Å². The molecule has 0 heterocycles. The number of hydrogen-bond donors (Lipinski definition) is 0. The van der Waals surface area contributed by atoms with Crippen molar-refractivity contribution in [3.8, 4) is 5.75 Å². The van der Waals surface area contributed by atoms with Crippen LogP contribution in [0.2, 0.25) is 0 Å². The maximum atomic E-state index is 5.15. The van der Waals surface area contributed by atoms with E-state index in [0.717, 1.165) is 15.7 Å². The summed E-state index contributed by atoms with van der Waals surface area (Å²) in [5.74, 6) is 0.694. The van der Waals surface area contributed by atoms with Crippen molar-refractivity contribution in [1.82, 2.24) is 0 Å². The molecule has 0 N–H and O–H groups in total. The van der Waals surface area contributed by atoms with Gasteiger partial charge in [-0.05, 0) is 18.9 Å². The molecule has 0 fully saturated rings. The van der Waals surface area contributed by atoms with E-state index in [1.807, 2.05) is 12.1 Å². The Morgan fingerprint density at radius 2 is 2.23 bits per heavy atom. The van der Waals surface area contributed by atoms with Crippen LogP contribution in [0.1, 0.15) is 5.56 Å². The van der Waals surface area contributed by atoms with Gasteiger partial charge < -0.3 is 4.74 Å². The molecule has 0 spiro atoms. The van der Waals surface area contributed by atoms with Crippen molar-refractivity contribution >= 4 is 34.4 Å². The Morgan fingerprint density at radius 3 is 2.69 bits per heavy atom. The van der Waals surface area contributed by atoms with E-state index < -0.39 is 0 Å². The fraction of sp³-hybridized carbons (Fsp3) is 0.100. The lowest BCUT2D eigenvalue weighted by atomic mass is 10.1. The summed E-state index contributed by atoms with van der Waals surface area (Å²) in [4.78, 5) is 3.89. The maximum Gasteiger partial charge on any atom is 0.146 e. The van der Waals surface area contributed by atoms with E-state index in [1.165, 1.54) is 0 Å². The van der Waals surface area contributed by atoms with Crippen LogP contribution in [-0.4, -0.2) is 13.8 Å². The van der Waals surface area contributed by atoms with Gasteiger partial charge in [-0.2, -0.15) is 0 Å². The van der Waals surface area contributed by atoms with E-state index in [0.29, 0.717) is 5.75 Å². The lowest BCUT2D eigenvalue weighted by Gasteiger charge is -2.07. The first-order chi connectivity index (χ1) is 6.22. The summed E-state index contributed by atoms with van der Waals surface area (Å²) >= 11 is 3.37. The Labute approximate surface area is 86.1 Å². The van der Waals surface area contributed by atoms with Gasteiger partial charge in [0.2, 0.25) is 0 Å². The van der Waals surface area contributed by atoms with Gasteiger partial charge >= 0.3 is 0 Å². The van der Waals surface area contributed by atoms with E-state index in [-0.39, 0.29) is 0 Å². The van der Waals surface area contributed by atoms with E-state index in [4.69, 9.17) is 4.74 Å². The van der Waals surface area contributed by atoms with Crippen LogP contribution in [0.3, 0.4) is 0 Å². The first-order valence-corrected chi connectivity index (χ1v) is 4.49. The Balaban J connectivity index is 3.41. The lowest BCUT2D eigenvalue weighted by Crippen LogP contribution is -1.86. The number of aliphatic imine (C=N–C) groups is 1. The molecule has 0 radical (unpaired) electrons. The predicted octanol–water partition coefficient (Wildman–Crippen LogP) is 3.43. The highest BCUT2D eigenvalue weighted by Gasteiger charge is 2.06. The smallest absolute Gasteiger partial charge is 0.146 e. The highest BCUT2D eigenvalue weighted by molar-refractivity contribution is 9.10. The van der Waals surface area contributed by atoms with E-state index in [1.54, 1.807) is 13.2 Å². The molecule has 0 saturated carbocycles. The summed E-state index contributed by atoms with van der Waals surface area (Å²) in [6.07, 6.45) is 1.72. The number of halogens is 1. The molecule has 2 nitrogen and oxygen atoms in total. The molecule has 0 aliphatic rings. The van der Waals surface area contributed by atoms with Gasteiger partial charge in [-0.1, -0.05) is 28.6 Å². The first kappa shape index (κ1) is 9.99. The Kier molecular flexibility index (Phi) is 3.25. The number of nitrogens with zero attached hydrogens (tertiary/aromatic N) is 1. The molecule has 0 unspecified atom stereocenters. The number of benzene rings is 1. The van der Waals surface area contributed by atoms with Gasteiger partial charge in [0, 0.05) is 10.0 Å². The number of hydrogen-bond acceptors (Lipinski definition) is 2. The minimum Gasteiger partial charge on any atom is -0.494 e. The number of methoxy groups -OCH3 is 1. The number of ether oxygens (including phenoxy) is 1. The van der Waals surface area contributed by atoms with Crippen molar-refractivity contribution in [1.29, 1.82) is 0 Å². The Morgan fingerprint density at radius 1 is 1.54 bits per heavy atom. The molecule has 1 rings (SSSR count). The molecule has 0 saturated heterocycles. The zero-order valence-corrected chi connectivity index (χ0v) is 8.97. The Hall–Kier alpha value is -1.09. The van der Waals surface area contributed by atoms with Crippen LogP contribution in [-0.2, 0) is 0 Å². The van der Waals surface area contributed by atoms with Gasteiger partial charge in [-0.3, -0.25) is 4.99 Å². The van der Waals surface area contributed by atoms with E-state index in [2.05, 4.69) is 34.2 Å². The molecule has 0 atom stereocenters. The maximum absolute atomic E-state index is 5.15. The third-order valence-corrected chi connectivity index (χ3v) is 2.12. The second-order valence-corrected chi connectivity index (χ2v) is 3.32. The minimum atomic E-state index is 0.694. The SMILES string of the molecule is C=Cc1cc(Br)cc(OC)c1N=C. The summed E-state index contributed by atoms with van der Waals surface area (Å²) in [5, 5.41) is 0. The molecule has 0 aliphatic carbocycles. The Bertz CT molecular complexity index is 347. The summed E-state index contributed by atoms with van der Waals surface area (Å²) in [5.41, 5.74) is 1.63. The summed E-state index contributed by atoms with van der Waals surface area (Å²) < 4.78 is 6.08. The van der Waals surface area contributed by atoms with Gasteiger partial charge in [0.1, 0.15) is 11.4 Å². The molecular weight excluding hydrogens is 230 g/mol. The minimum absolute atomic E-state index is 0.694. The van der Waals surface area contributed by atoms with Crippen molar-refractivity contribution in [2.24, 2.45) is 4.99 Å². The van der Waals surface area contributed by atoms with Crippen LogP contribution < -0.4 is 4.74 Å². The molecule has 68 valence electrons. The van der Waals surface area contributed by atoms with Crippen molar-refractivity contribution in [2.75, 3.05) is 7.11 Å². The summed E-state index contributed by atoms with van der Waals surface area (Å²) in [6, 6.07) is 3.76. The predicted molar refractivity (Wildman–Crippen MR) is 60.0 cm³/mol.